The maximum Gasteiger partial charge on any atom is 0.180 e. The predicted octanol–water partition coefficient (Wildman–Crippen LogP) is 2.14. The Hall–Kier alpha value is -0.980. The number of hydrogen-bond donors (Lipinski definition) is 1. The van der Waals surface area contributed by atoms with E-state index < -0.39 is 6.10 Å². The first-order valence-corrected chi connectivity index (χ1v) is 6.03. The highest BCUT2D eigenvalue weighted by Crippen LogP contribution is 2.27. The van der Waals surface area contributed by atoms with Crippen LogP contribution < -0.4 is 0 Å². The van der Waals surface area contributed by atoms with Gasteiger partial charge in [0, 0.05) is 6.20 Å². The summed E-state index contributed by atoms with van der Waals surface area (Å²) in [6.45, 7) is 1.72. The van der Waals surface area contributed by atoms with Crippen LogP contribution in [0.15, 0.2) is 33.2 Å². The number of pyridine rings is 1. The Labute approximate surface area is 95.4 Å². The molecule has 1 N–H and O–H groups in total. The molecule has 2 heterocycles. The van der Waals surface area contributed by atoms with E-state index in [0.29, 0.717) is 0 Å². The van der Waals surface area contributed by atoms with Crippen molar-refractivity contribution in [3.05, 3.63) is 29.4 Å². The Morgan fingerprint density at radius 2 is 2.33 bits per heavy atom. The fraction of sp³-hybridized carbons (Fsp3) is 0.222. The quantitative estimate of drug-likeness (QED) is 0.889. The Balaban J connectivity index is 2.11. The molecular formula is C9H9N3OS2. The fourth-order valence-electron chi connectivity index (χ4n) is 0.996. The number of aliphatic hydroxyl groups is 1. The lowest BCUT2D eigenvalue weighted by Crippen LogP contribution is -1.91. The minimum absolute atomic E-state index is 0.474. The van der Waals surface area contributed by atoms with Crippen molar-refractivity contribution in [2.75, 3.05) is 0 Å². The van der Waals surface area contributed by atoms with Crippen LogP contribution in [0.1, 0.15) is 18.6 Å². The summed E-state index contributed by atoms with van der Waals surface area (Å²) in [4.78, 5) is 4.22. The van der Waals surface area contributed by atoms with Crippen molar-refractivity contribution in [3.8, 4) is 0 Å². The lowest BCUT2D eigenvalue weighted by atomic mass is 10.2. The molecule has 0 spiro atoms. The molecule has 78 valence electrons. The molecule has 2 rings (SSSR count). The van der Waals surface area contributed by atoms with Crippen LogP contribution in [-0.4, -0.2) is 20.3 Å². The van der Waals surface area contributed by atoms with Gasteiger partial charge in [-0.2, -0.15) is 0 Å². The maximum absolute atomic E-state index is 9.30. The molecule has 4 nitrogen and oxygen atoms in total. The molecule has 0 fully saturated rings. The summed E-state index contributed by atoms with van der Waals surface area (Å²) in [7, 11) is 0. The standard InChI is InChI=1S/C9H9N3OS2/c1-6(13)7-2-3-8(10-4-7)15-9-12-11-5-14-9/h2-6,13H,1H3. The molecule has 1 atom stereocenters. The van der Waals surface area contributed by atoms with E-state index in [-0.39, 0.29) is 0 Å². The lowest BCUT2D eigenvalue weighted by Gasteiger charge is -2.03. The van der Waals surface area contributed by atoms with Gasteiger partial charge in [-0.15, -0.1) is 10.2 Å². The van der Waals surface area contributed by atoms with E-state index in [9.17, 15) is 5.11 Å². The monoisotopic (exact) mass is 239 g/mol. The van der Waals surface area contributed by atoms with Gasteiger partial charge in [0.25, 0.3) is 0 Å². The highest BCUT2D eigenvalue weighted by Gasteiger charge is 2.04. The molecule has 2 aromatic heterocycles. The van der Waals surface area contributed by atoms with Crippen LogP contribution >= 0.6 is 23.1 Å². The third-order valence-corrected chi connectivity index (χ3v) is 3.50. The number of aliphatic hydroxyl groups excluding tert-OH is 1. The molecule has 0 saturated carbocycles. The van der Waals surface area contributed by atoms with E-state index >= 15 is 0 Å². The zero-order valence-corrected chi connectivity index (χ0v) is 9.63. The summed E-state index contributed by atoms with van der Waals surface area (Å²) in [5.41, 5.74) is 2.50. The van der Waals surface area contributed by atoms with Crippen molar-refractivity contribution < 1.29 is 5.11 Å². The van der Waals surface area contributed by atoms with Crippen molar-refractivity contribution in [2.45, 2.75) is 22.4 Å². The molecule has 1 unspecified atom stereocenters. The van der Waals surface area contributed by atoms with E-state index in [0.717, 1.165) is 14.9 Å². The fourth-order valence-corrected chi connectivity index (χ4v) is 2.36. The van der Waals surface area contributed by atoms with Crippen LogP contribution in [0.3, 0.4) is 0 Å². The van der Waals surface area contributed by atoms with Crippen molar-refractivity contribution in [3.63, 3.8) is 0 Å². The van der Waals surface area contributed by atoms with Gasteiger partial charge in [-0.25, -0.2) is 4.98 Å². The second-order valence-electron chi connectivity index (χ2n) is 2.91. The smallest absolute Gasteiger partial charge is 0.180 e. The first-order valence-electron chi connectivity index (χ1n) is 4.34. The molecule has 6 heteroatoms. The van der Waals surface area contributed by atoms with Crippen LogP contribution in [0, 0.1) is 0 Å². The summed E-state index contributed by atoms with van der Waals surface area (Å²) in [6, 6.07) is 3.73. The Kier molecular flexibility index (Phi) is 3.30. The molecule has 0 amide bonds. The van der Waals surface area contributed by atoms with Crippen LogP contribution in [0.5, 0.6) is 0 Å². The van der Waals surface area contributed by atoms with E-state index in [4.69, 9.17) is 0 Å². The molecule has 0 aliphatic carbocycles. The van der Waals surface area contributed by atoms with Crippen molar-refractivity contribution in [2.24, 2.45) is 0 Å². The van der Waals surface area contributed by atoms with E-state index in [2.05, 4.69) is 15.2 Å². The lowest BCUT2D eigenvalue weighted by molar-refractivity contribution is 0.198. The SMILES string of the molecule is CC(O)c1ccc(Sc2nncs2)nc1. The topological polar surface area (TPSA) is 58.9 Å². The molecule has 0 aliphatic rings. The molecular weight excluding hydrogens is 230 g/mol. The number of rotatable bonds is 3. The van der Waals surface area contributed by atoms with Crippen LogP contribution in [0.2, 0.25) is 0 Å². The van der Waals surface area contributed by atoms with Gasteiger partial charge in [0.1, 0.15) is 10.5 Å². The normalized spacial score (nSPS) is 12.7. The minimum atomic E-state index is -0.474. The van der Waals surface area contributed by atoms with Crippen molar-refractivity contribution in [1.82, 2.24) is 15.2 Å². The van der Waals surface area contributed by atoms with Crippen molar-refractivity contribution >= 4 is 23.1 Å². The third-order valence-electron chi connectivity index (χ3n) is 1.77. The van der Waals surface area contributed by atoms with Gasteiger partial charge < -0.3 is 5.11 Å². The van der Waals surface area contributed by atoms with Gasteiger partial charge in [-0.3, -0.25) is 0 Å². The van der Waals surface area contributed by atoms with Crippen LogP contribution in [0.25, 0.3) is 0 Å². The minimum Gasteiger partial charge on any atom is -0.389 e. The molecule has 0 aromatic carbocycles. The number of aromatic nitrogens is 3. The van der Waals surface area contributed by atoms with E-state index in [1.165, 1.54) is 23.1 Å². The Bertz CT molecular complexity index is 413. The summed E-state index contributed by atoms with van der Waals surface area (Å²) >= 11 is 2.95. The first kappa shape index (κ1) is 10.5. The van der Waals surface area contributed by atoms with Gasteiger partial charge >= 0.3 is 0 Å². The van der Waals surface area contributed by atoms with Gasteiger partial charge in [0.05, 0.1) is 6.10 Å². The van der Waals surface area contributed by atoms with E-state index in [1.807, 2.05) is 12.1 Å². The molecule has 15 heavy (non-hydrogen) atoms. The predicted molar refractivity (Wildman–Crippen MR) is 58.9 cm³/mol. The third kappa shape index (κ3) is 2.74. The van der Waals surface area contributed by atoms with Gasteiger partial charge in [-0.05, 0) is 30.3 Å². The number of hydrogen-bond acceptors (Lipinski definition) is 6. The molecule has 0 saturated heterocycles. The first-order chi connectivity index (χ1) is 7.25. The highest BCUT2D eigenvalue weighted by molar-refractivity contribution is 8.00. The summed E-state index contributed by atoms with van der Waals surface area (Å²) in [5, 5.41) is 17.8. The number of nitrogens with zero attached hydrogens (tertiary/aromatic N) is 3. The molecule has 0 aliphatic heterocycles. The second kappa shape index (κ2) is 4.69. The average molecular weight is 239 g/mol. The van der Waals surface area contributed by atoms with E-state index in [1.54, 1.807) is 18.6 Å². The largest absolute Gasteiger partial charge is 0.389 e. The average Bonchev–Trinajstić information content (AvgIpc) is 2.71. The second-order valence-corrected chi connectivity index (χ2v) is 5.01. The molecule has 0 radical (unpaired) electrons. The summed E-state index contributed by atoms with van der Waals surface area (Å²) in [6.07, 6.45) is 1.20. The summed E-state index contributed by atoms with van der Waals surface area (Å²) < 4.78 is 0.868. The Morgan fingerprint density at radius 1 is 1.47 bits per heavy atom. The zero-order valence-electron chi connectivity index (χ0n) is 7.99. The molecule has 2 aromatic rings. The van der Waals surface area contributed by atoms with Crippen molar-refractivity contribution in [1.29, 1.82) is 0 Å². The molecule has 0 bridgehead atoms. The van der Waals surface area contributed by atoms with Crippen LogP contribution in [-0.2, 0) is 0 Å². The highest BCUT2D eigenvalue weighted by atomic mass is 32.2. The summed E-state index contributed by atoms with van der Waals surface area (Å²) in [5.74, 6) is 0. The van der Waals surface area contributed by atoms with Gasteiger partial charge in [0.2, 0.25) is 0 Å². The van der Waals surface area contributed by atoms with Crippen LogP contribution in [0.4, 0.5) is 0 Å². The maximum atomic E-state index is 9.30. The Morgan fingerprint density at radius 3 is 2.87 bits per heavy atom. The van der Waals surface area contributed by atoms with Gasteiger partial charge in [0.15, 0.2) is 4.34 Å². The zero-order chi connectivity index (χ0) is 10.7. The van der Waals surface area contributed by atoms with Gasteiger partial charge in [-0.1, -0.05) is 17.4 Å².